The van der Waals surface area contributed by atoms with Crippen LogP contribution in [0.5, 0.6) is 0 Å². The van der Waals surface area contributed by atoms with Gasteiger partial charge >= 0.3 is 12.1 Å². The maximum Gasteiger partial charge on any atom is 0.410 e. The van der Waals surface area contributed by atoms with E-state index >= 15 is 0 Å². The lowest BCUT2D eigenvalue weighted by atomic mass is 9.74. The molecule has 0 aromatic carbocycles. The summed E-state index contributed by atoms with van der Waals surface area (Å²) in [5.41, 5.74) is -0.223. The summed E-state index contributed by atoms with van der Waals surface area (Å²) in [6.45, 7) is 8.61. The van der Waals surface area contributed by atoms with E-state index in [0.717, 1.165) is 10.2 Å². The van der Waals surface area contributed by atoms with Crippen LogP contribution in [0.15, 0.2) is 22.9 Å². The molecule has 2 rings (SSSR count). The van der Waals surface area contributed by atoms with Gasteiger partial charge in [0.05, 0.1) is 12.0 Å². The number of esters is 1. The molecule has 1 aromatic rings. The number of aromatic nitrogens is 1. The Hall–Kier alpha value is -1.63. The monoisotopic (exact) mass is 426 g/mol. The molecule has 0 N–H and O–H groups in total. The number of nitrogens with zero attached hydrogens (tertiary/aromatic N) is 2. The van der Waals surface area contributed by atoms with Crippen molar-refractivity contribution in [1.82, 2.24) is 9.88 Å². The molecule has 1 aliphatic rings. The third-order valence-electron chi connectivity index (χ3n) is 4.45. The summed E-state index contributed by atoms with van der Waals surface area (Å²) in [6.07, 6.45) is 2.97. The topological polar surface area (TPSA) is 68.7 Å². The van der Waals surface area contributed by atoms with Gasteiger partial charge in [-0.3, -0.25) is 4.79 Å². The molecule has 0 radical (unpaired) electrons. The average Bonchev–Trinajstić information content (AvgIpc) is 2.56. The highest BCUT2D eigenvalue weighted by Gasteiger charge is 2.44. The fourth-order valence-corrected chi connectivity index (χ4v) is 3.49. The molecule has 1 amide bonds. The number of hydrogen-bond donors (Lipinski definition) is 0. The molecule has 1 aromatic heterocycles. The molecule has 0 atom stereocenters. The summed E-state index contributed by atoms with van der Waals surface area (Å²) in [6, 6.07) is 3.81. The van der Waals surface area contributed by atoms with Crippen LogP contribution in [0.1, 0.15) is 46.1 Å². The molecule has 1 saturated heterocycles. The van der Waals surface area contributed by atoms with Crippen LogP contribution in [-0.4, -0.2) is 47.2 Å². The average molecular weight is 427 g/mol. The second-order valence-corrected chi connectivity index (χ2v) is 8.35. The minimum Gasteiger partial charge on any atom is -0.466 e. The first-order valence-corrected chi connectivity index (χ1v) is 9.71. The third kappa shape index (κ3) is 5.19. The number of pyridine rings is 1. The summed E-state index contributed by atoms with van der Waals surface area (Å²) >= 11 is 3.46. The Morgan fingerprint density at radius 1 is 1.31 bits per heavy atom. The maximum absolute atomic E-state index is 12.7. The van der Waals surface area contributed by atoms with Gasteiger partial charge in [0.25, 0.3) is 0 Å². The Morgan fingerprint density at radius 3 is 2.50 bits per heavy atom. The Kier molecular flexibility index (Phi) is 6.66. The first kappa shape index (κ1) is 20.7. The second-order valence-electron chi connectivity index (χ2n) is 7.60. The van der Waals surface area contributed by atoms with E-state index in [1.54, 1.807) is 18.0 Å². The molecule has 6 nitrogen and oxygen atoms in total. The van der Waals surface area contributed by atoms with Crippen LogP contribution < -0.4 is 0 Å². The van der Waals surface area contributed by atoms with E-state index in [1.807, 2.05) is 32.9 Å². The number of carbonyl (C=O) groups excluding carboxylic acids is 2. The van der Waals surface area contributed by atoms with Crippen molar-refractivity contribution < 1.29 is 19.1 Å². The van der Waals surface area contributed by atoms with Gasteiger partial charge in [-0.05, 0) is 74.5 Å². The fraction of sp³-hybridized carbons (Fsp3) is 0.632. The minimum absolute atomic E-state index is 0.209. The van der Waals surface area contributed by atoms with Crippen LogP contribution >= 0.6 is 15.9 Å². The van der Waals surface area contributed by atoms with Gasteiger partial charge in [-0.25, -0.2) is 9.78 Å². The quantitative estimate of drug-likeness (QED) is 0.537. The minimum atomic E-state index is -0.653. The molecule has 0 unspecified atom stereocenters. The van der Waals surface area contributed by atoms with Crippen LogP contribution in [0, 0.1) is 5.41 Å². The SMILES string of the molecule is CCOC(=O)C1(Cc2cccnc2Br)CCN(C(=O)OC(C)(C)C)CC1. The lowest BCUT2D eigenvalue weighted by molar-refractivity contribution is -0.158. The van der Waals surface area contributed by atoms with Crippen LogP contribution in [0.3, 0.4) is 0 Å². The number of carbonyl (C=O) groups is 2. The molecule has 144 valence electrons. The number of likely N-dealkylation sites (tertiary alicyclic amines) is 1. The molecular weight excluding hydrogens is 400 g/mol. The summed E-state index contributed by atoms with van der Waals surface area (Å²) < 4.78 is 11.5. The van der Waals surface area contributed by atoms with Gasteiger partial charge < -0.3 is 14.4 Å². The van der Waals surface area contributed by atoms with Crippen molar-refractivity contribution >= 4 is 28.0 Å². The molecule has 1 fully saturated rings. The molecule has 0 aliphatic carbocycles. The number of ether oxygens (including phenoxy) is 2. The first-order chi connectivity index (χ1) is 12.2. The molecule has 26 heavy (non-hydrogen) atoms. The molecule has 0 bridgehead atoms. The van der Waals surface area contributed by atoms with E-state index < -0.39 is 11.0 Å². The predicted molar refractivity (Wildman–Crippen MR) is 102 cm³/mol. The van der Waals surface area contributed by atoms with E-state index in [0.29, 0.717) is 39.0 Å². The summed E-state index contributed by atoms with van der Waals surface area (Å²) in [7, 11) is 0. The van der Waals surface area contributed by atoms with Gasteiger partial charge in [-0.15, -0.1) is 0 Å². The van der Waals surface area contributed by atoms with Gasteiger partial charge in [-0.2, -0.15) is 0 Å². The third-order valence-corrected chi connectivity index (χ3v) is 5.16. The van der Waals surface area contributed by atoms with Crippen molar-refractivity contribution in [3.63, 3.8) is 0 Å². The maximum atomic E-state index is 12.7. The number of halogens is 1. The van der Waals surface area contributed by atoms with Crippen LogP contribution in [0.4, 0.5) is 4.79 Å². The number of hydrogen-bond acceptors (Lipinski definition) is 5. The van der Waals surface area contributed by atoms with E-state index in [-0.39, 0.29) is 12.1 Å². The zero-order valence-electron chi connectivity index (χ0n) is 15.9. The number of amides is 1. The fourth-order valence-electron chi connectivity index (χ4n) is 3.10. The molecule has 2 heterocycles. The van der Waals surface area contributed by atoms with E-state index in [2.05, 4.69) is 20.9 Å². The van der Waals surface area contributed by atoms with Crippen LogP contribution in [0.2, 0.25) is 0 Å². The van der Waals surface area contributed by atoms with Crippen molar-refractivity contribution in [2.45, 2.75) is 52.6 Å². The Morgan fingerprint density at radius 2 is 1.96 bits per heavy atom. The molecule has 7 heteroatoms. The molecule has 1 aliphatic heterocycles. The summed E-state index contributed by atoms with van der Waals surface area (Å²) in [5, 5.41) is 0. The van der Waals surface area contributed by atoms with Gasteiger partial charge in [0.2, 0.25) is 0 Å². The van der Waals surface area contributed by atoms with Crippen molar-refractivity contribution in [2.75, 3.05) is 19.7 Å². The van der Waals surface area contributed by atoms with Crippen molar-refractivity contribution in [3.05, 3.63) is 28.5 Å². The predicted octanol–water partition coefficient (Wildman–Crippen LogP) is 3.97. The van der Waals surface area contributed by atoms with E-state index in [1.165, 1.54) is 0 Å². The molecular formula is C19H27BrN2O4. The normalized spacial score (nSPS) is 16.9. The highest BCUT2D eigenvalue weighted by atomic mass is 79.9. The Bertz CT molecular complexity index is 649. The van der Waals surface area contributed by atoms with Gasteiger partial charge in [0.1, 0.15) is 10.2 Å². The van der Waals surface area contributed by atoms with Gasteiger partial charge in [-0.1, -0.05) is 6.07 Å². The van der Waals surface area contributed by atoms with E-state index in [4.69, 9.17) is 9.47 Å². The molecule has 0 saturated carbocycles. The lowest BCUT2D eigenvalue weighted by Gasteiger charge is -2.40. The highest BCUT2D eigenvalue weighted by molar-refractivity contribution is 9.10. The lowest BCUT2D eigenvalue weighted by Crippen LogP contribution is -2.49. The van der Waals surface area contributed by atoms with Crippen molar-refractivity contribution in [2.24, 2.45) is 5.41 Å². The van der Waals surface area contributed by atoms with E-state index in [9.17, 15) is 9.59 Å². The number of rotatable bonds is 4. The zero-order valence-corrected chi connectivity index (χ0v) is 17.5. The first-order valence-electron chi connectivity index (χ1n) is 8.91. The Balaban J connectivity index is 2.14. The van der Waals surface area contributed by atoms with Gasteiger partial charge in [0.15, 0.2) is 0 Å². The number of piperidine rings is 1. The van der Waals surface area contributed by atoms with Crippen molar-refractivity contribution in [3.8, 4) is 0 Å². The smallest absolute Gasteiger partial charge is 0.410 e. The largest absolute Gasteiger partial charge is 0.466 e. The zero-order chi connectivity index (χ0) is 19.4. The summed E-state index contributed by atoms with van der Waals surface area (Å²) in [4.78, 5) is 31.0. The van der Waals surface area contributed by atoms with Gasteiger partial charge in [0, 0.05) is 19.3 Å². The highest BCUT2D eigenvalue weighted by Crippen LogP contribution is 2.38. The molecule has 0 spiro atoms. The summed E-state index contributed by atoms with van der Waals surface area (Å²) in [5.74, 6) is -0.209. The Labute approximate surface area is 163 Å². The standard InChI is InChI=1S/C19H27BrN2O4/c1-5-25-16(23)19(13-14-7-6-10-21-15(14)20)8-11-22(12-9-19)17(24)26-18(2,3)4/h6-7,10H,5,8-9,11-13H2,1-4H3. The van der Waals surface area contributed by atoms with Crippen LogP contribution in [-0.2, 0) is 20.7 Å². The van der Waals surface area contributed by atoms with Crippen molar-refractivity contribution in [1.29, 1.82) is 0 Å². The van der Waals surface area contributed by atoms with Crippen LogP contribution in [0.25, 0.3) is 0 Å². The second kappa shape index (κ2) is 8.37.